The fourth-order valence-electron chi connectivity index (χ4n) is 3.69. The van der Waals surface area contributed by atoms with Gasteiger partial charge in [0.25, 0.3) is 0 Å². The number of hydrogen-bond acceptors (Lipinski definition) is 2. The lowest BCUT2D eigenvalue weighted by Gasteiger charge is -2.23. The van der Waals surface area contributed by atoms with E-state index >= 15 is 0 Å². The summed E-state index contributed by atoms with van der Waals surface area (Å²) in [6.45, 7) is 0. The third-order valence-corrected chi connectivity index (χ3v) is 6.25. The highest BCUT2D eigenvalue weighted by atomic mass is 32.1. The van der Waals surface area contributed by atoms with Crippen LogP contribution in [0.15, 0.2) is 97.1 Å². The van der Waals surface area contributed by atoms with E-state index in [-0.39, 0.29) is 0 Å². The Morgan fingerprint density at radius 1 is 0.630 bits per heavy atom. The Morgan fingerprint density at radius 3 is 2.22 bits per heavy atom. The summed E-state index contributed by atoms with van der Waals surface area (Å²) in [6, 6.07) is 34.6. The molecule has 5 aromatic rings. The molecule has 1 nitrogen and oxygen atoms in total. The largest absolute Gasteiger partial charge is 0.344 e. The van der Waals surface area contributed by atoms with Crippen LogP contribution >= 0.6 is 11.3 Å². The molecule has 0 fully saturated rings. The second kappa shape index (κ2) is 6.57. The number of fused-ring (bicyclic) bond motifs is 3. The Balaban J connectivity index is 1.64. The van der Waals surface area contributed by atoms with Gasteiger partial charge in [-0.3, -0.25) is 0 Å². The van der Waals surface area contributed by atoms with E-state index < -0.39 is 0 Å². The predicted octanol–water partition coefficient (Wildman–Crippen LogP) is 7.49. The first-order valence-electron chi connectivity index (χ1n) is 9.11. The van der Waals surface area contributed by atoms with E-state index in [0.717, 1.165) is 0 Å². The molecule has 1 heterocycles. The quantitative estimate of drug-likeness (QED) is 0.320. The summed E-state index contributed by atoms with van der Waals surface area (Å²) < 4.78 is 2.68. The van der Waals surface area contributed by atoms with Crippen LogP contribution in [0.5, 0.6) is 0 Å². The number of para-hydroxylation sites is 1. The third kappa shape index (κ3) is 2.79. The number of nitrogens with zero attached hydrogens (tertiary/aromatic N) is 1. The van der Waals surface area contributed by atoms with Crippen molar-refractivity contribution in [2.24, 2.45) is 0 Å². The Kier molecular flexibility index (Phi) is 3.92. The van der Waals surface area contributed by atoms with Gasteiger partial charge in [-0.15, -0.1) is 11.3 Å². The molecule has 0 saturated carbocycles. The maximum atomic E-state index is 2.32. The Labute approximate surface area is 163 Å². The smallest absolute Gasteiger partial charge is 0.0487 e. The molecular formula is C25H19NS. The summed E-state index contributed by atoms with van der Waals surface area (Å²) in [5, 5.41) is 2.67. The summed E-state index contributed by atoms with van der Waals surface area (Å²) in [4.78, 5) is 2.29. The van der Waals surface area contributed by atoms with Crippen molar-refractivity contribution in [3.05, 3.63) is 97.1 Å². The number of benzene rings is 4. The molecule has 0 aliphatic rings. The van der Waals surface area contributed by atoms with Crippen LogP contribution in [0.3, 0.4) is 0 Å². The van der Waals surface area contributed by atoms with Crippen LogP contribution in [0.2, 0.25) is 0 Å². The number of thiophene rings is 1. The molecule has 0 N–H and O–H groups in total. The van der Waals surface area contributed by atoms with E-state index in [4.69, 9.17) is 0 Å². The summed E-state index contributed by atoms with van der Waals surface area (Å²) in [5.41, 5.74) is 4.90. The van der Waals surface area contributed by atoms with Crippen LogP contribution in [0.25, 0.3) is 31.3 Å². The minimum Gasteiger partial charge on any atom is -0.344 e. The zero-order valence-corrected chi connectivity index (χ0v) is 15.9. The van der Waals surface area contributed by atoms with Gasteiger partial charge in [0.2, 0.25) is 0 Å². The SMILES string of the molecule is CN(c1ccc2sc3ccccc3c2c1)c1ccccc1-c1ccccc1. The van der Waals surface area contributed by atoms with Crippen molar-refractivity contribution in [2.75, 3.05) is 11.9 Å². The molecule has 0 atom stereocenters. The van der Waals surface area contributed by atoms with Crippen molar-refractivity contribution in [2.45, 2.75) is 0 Å². The van der Waals surface area contributed by atoms with E-state index in [9.17, 15) is 0 Å². The molecule has 5 rings (SSSR count). The Hall–Kier alpha value is -3.10. The van der Waals surface area contributed by atoms with Gasteiger partial charge >= 0.3 is 0 Å². The summed E-state index contributed by atoms with van der Waals surface area (Å²) in [7, 11) is 2.15. The average Bonchev–Trinajstić information content (AvgIpc) is 3.12. The highest BCUT2D eigenvalue weighted by molar-refractivity contribution is 7.25. The van der Waals surface area contributed by atoms with Crippen molar-refractivity contribution >= 4 is 42.9 Å². The average molecular weight is 366 g/mol. The lowest BCUT2D eigenvalue weighted by molar-refractivity contribution is 1.21. The topological polar surface area (TPSA) is 3.24 Å². The first kappa shape index (κ1) is 16.1. The highest BCUT2D eigenvalue weighted by Gasteiger charge is 2.12. The zero-order chi connectivity index (χ0) is 18.2. The lowest BCUT2D eigenvalue weighted by atomic mass is 10.0. The highest BCUT2D eigenvalue weighted by Crippen LogP contribution is 2.39. The summed E-state index contributed by atoms with van der Waals surface area (Å²) in [6.07, 6.45) is 0. The van der Waals surface area contributed by atoms with E-state index in [1.54, 1.807) is 0 Å². The molecule has 27 heavy (non-hydrogen) atoms. The molecule has 130 valence electrons. The van der Waals surface area contributed by atoms with E-state index in [1.165, 1.54) is 42.7 Å². The van der Waals surface area contributed by atoms with Crippen LogP contribution in [0.4, 0.5) is 11.4 Å². The maximum Gasteiger partial charge on any atom is 0.0487 e. The summed E-state index contributed by atoms with van der Waals surface area (Å²) in [5.74, 6) is 0. The third-order valence-electron chi connectivity index (χ3n) is 5.10. The van der Waals surface area contributed by atoms with Crippen molar-refractivity contribution in [3.8, 4) is 11.1 Å². The normalized spacial score (nSPS) is 11.1. The van der Waals surface area contributed by atoms with Gasteiger partial charge in [-0.05, 0) is 35.9 Å². The van der Waals surface area contributed by atoms with Gasteiger partial charge < -0.3 is 4.90 Å². The maximum absolute atomic E-state index is 2.32. The Morgan fingerprint density at radius 2 is 1.33 bits per heavy atom. The van der Waals surface area contributed by atoms with Gasteiger partial charge in [0, 0.05) is 44.2 Å². The monoisotopic (exact) mass is 365 g/mol. The van der Waals surface area contributed by atoms with Crippen molar-refractivity contribution in [1.29, 1.82) is 0 Å². The van der Waals surface area contributed by atoms with Crippen LogP contribution in [-0.4, -0.2) is 7.05 Å². The van der Waals surface area contributed by atoms with Crippen LogP contribution in [0.1, 0.15) is 0 Å². The summed E-state index contributed by atoms with van der Waals surface area (Å²) >= 11 is 1.86. The van der Waals surface area contributed by atoms with Crippen molar-refractivity contribution in [3.63, 3.8) is 0 Å². The van der Waals surface area contributed by atoms with Gasteiger partial charge in [-0.1, -0.05) is 66.7 Å². The van der Waals surface area contributed by atoms with Crippen LogP contribution in [0, 0.1) is 0 Å². The van der Waals surface area contributed by atoms with Crippen LogP contribution in [-0.2, 0) is 0 Å². The molecule has 0 bridgehead atoms. The molecule has 0 amide bonds. The fraction of sp³-hybridized carbons (Fsp3) is 0.0400. The molecule has 1 aromatic heterocycles. The number of anilines is 2. The fourth-order valence-corrected chi connectivity index (χ4v) is 4.78. The molecule has 0 spiro atoms. The van der Waals surface area contributed by atoms with Gasteiger partial charge in [-0.2, -0.15) is 0 Å². The second-order valence-electron chi connectivity index (χ2n) is 6.72. The lowest BCUT2D eigenvalue weighted by Crippen LogP contribution is -2.10. The first-order chi connectivity index (χ1) is 13.3. The molecule has 0 aliphatic heterocycles. The van der Waals surface area contributed by atoms with E-state index in [2.05, 4.69) is 109 Å². The second-order valence-corrected chi connectivity index (χ2v) is 7.80. The van der Waals surface area contributed by atoms with Gasteiger partial charge in [0.05, 0.1) is 0 Å². The minimum absolute atomic E-state index is 1.20. The zero-order valence-electron chi connectivity index (χ0n) is 15.1. The molecule has 0 radical (unpaired) electrons. The molecule has 2 heteroatoms. The van der Waals surface area contributed by atoms with E-state index in [0.29, 0.717) is 0 Å². The molecule has 4 aromatic carbocycles. The van der Waals surface area contributed by atoms with Crippen LogP contribution < -0.4 is 4.90 Å². The first-order valence-corrected chi connectivity index (χ1v) is 9.92. The van der Waals surface area contributed by atoms with Gasteiger partial charge in [-0.25, -0.2) is 0 Å². The molecular weight excluding hydrogens is 346 g/mol. The standard InChI is InChI=1S/C25H19NS/c1-26(23-13-7-5-11-20(23)18-9-3-2-4-10-18)19-15-16-25-22(17-19)21-12-6-8-14-24(21)27-25/h2-17H,1H3. The van der Waals surface area contributed by atoms with E-state index in [1.807, 2.05) is 11.3 Å². The number of hydrogen-bond donors (Lipinski definition) is 0. The minimum atomic E-state index is 1.20. The molecule has 0 saturated heterocycles. The van der Waals surface area contributed by atoms with Gasteiger partial charge in [0.15, 0.2) is 0 Å². The van der Waals surface area contributed by atoms with Crippen molar-refractivity contribution in [1.82, 2.24) is 0 Å². The number of rotatable bonds is 3. The Bertz CT molecular complexity index is 1240. The molecule has 0 aliphatic carbocycles. The van der Waals surface area contributed by atoms with Gasteiger partial charge in [0.1, 0.15) is 0 Å². The molecule has 0 unspecified atom stereocenters. The predicted molar refractivity (Wildman–Crippen MR) is 119 cm³/mol. The van der Waals surface area contributed by atoms with Crippen molar-refractivity contribution < 1.29 is 0 Å².